The van der Waals surface area contributed by atoms with E-state index in [1.165, 1.54) is 39.9 Å². The van der Waals surface area contributed by atoms with Crippen LogP contribution in [-0.2, 0) is 32.6 Å². The number of fused-ring (bicyclic) bond motifs is 2. The maximum Gasteiger partial charge on any atom is 2.00 e. The van der Waals surface area contributed by atoms with Crippen LogP contribution in [0.3, 0.4) is 0 Å². The first-order valence-electron chi connectivity index (χ1n) is 8.62. The van der Waals surface area contributed by atoms with Crippen LogP contribution in [0.2, 0.25) is 13.1 Å². The number of rotatable bonds is 2. The first kappa shape index (κ1) is 21.8. The quantitative estimate of drug-likeness (QED) is 0.245. The zero-order valence-electron chi connectivity index (χ0n) is 15.4. The van der Waals surface area contributed by atoms with Gasteiger partial charge in [0.05, 0.1) is 0 Å². The van der Waals surface area contributed by atoms with Gasteiger partial charge in [0.15, 0.2) is 0 Å². The largest absolute Gasteiger partial charge is 2.00 e. The monoisotopic (exact) mass is 420 g/mol. The molecule has 0 unspecified atom stereocenters. The molecule has 0 atom stereocenters. The first-order chi connectivity index (χ1) is 11.8. The molecule has 0 spiro atoms. The Kier molecular flexibility index (Phi) is 10.6. The van der Waals surface area contributed by atoms with Gasteiger partial charge in [0.25, 0.3) is 0 Å². The van der Waals surface area contributed by atoms with E-state index in [0.29, 0.717) is 0 Å². The van der Waals surface area contributed by atoms with Gasteiger partial charge in [0.1, 0.15) is 0 Å². The van der Waals surface area contributed by atoms with Crippen molar-refractivity contribution in [2.75, 3.05) is 0 Å². The Morgan fingerprint density at radius 1 is 0.840 bits per heavy atom. The van der Waals surface area contributed by atoms with Crippen molar-refractivity contribution in [1.82, 2.24) is 0 Å². The molecule has 0 nitrogen and oxygen atoms in total. The van der Waals surface area contributed by atoms with Crippen LogP contribution in [0.25, 0.3) is 21.5 Å². The molecule has 4 aromatic carbocycles. The molecule has 0 amide bonds. The molecule has 4 rings (SSSR count). The fraction of sp³-hybridized carbons (Fsp3) is 0.217. The number of hydrogen-bond acceptors (Lipinski definition) is 0. The Labute approximate surface area is 173 Å². The predicted molar refractivity (Wildman–Crippen MR) is 111 cm³/mol. The van der Waals surface area contributed by atoms with Crippen LogP contribution in [0.15, 0.2) is 78.9 Å². The minimum Gasteiger partial charge on any atom is -0.168 e. The van der Waals surface area contributed by atoms with E-state index < -0.39 is 0 Å². The van der Waals surface area contributed by atoms with Crippen molar-refractivity contribution in [3.8, 4) is 0 Å². The molecule has 0 saturated carbocycles. The maximum absolute atomic E-state index is 2.24. The van der Waals surface area contributed by atoms with Gasteiger partial charge in [-0.3, -0.25) is 0 Å². The molecule has 0 fully saturated rings. The van der Waals surface area contributed by atoms with Crippen LogP contribution in [0, 0.1) is 0 Å². The summed E-state index contributed by atoms with van der Waals surface area (Å²) in [5.74, 6) is 0. The summed E-state index contributed by atoms with van der Waals surface area (Å²) in [7, 11) is 1.08. The average Bonchev–Trinajstić information content (AvgIpc) is 3.24. The van der Waals surface area contributed by atoms with E-state index in [9.17, 15) is 0 Å². The minimum atomic E-state index is 0. The van der Waals surface area contributed by atoms with E-state index in [0.717, 1.165) is 9.52 Å². The zero-order valence-corrected chi connectivity index (χ0v) is 18.9. The molecule has 2 heteroatoms. The molecule has 0 aliphatic heterocycles. The van der Waals surface area contributed by atoms with Gasteiger partial charge >= 0.3 is 26.2 Å². The van der Waals surface area contributed by atoms with Crippen molar-refractivity contribution in [1.29, 1.82) is 0 Å². The number of aryl methyl sites for hydroxylation is 1. The van der Waals surface area contributed by atoms with Crippen LogP contribution < -0.4 is 0 Å². The maximum atomic E-state index is 2.24. The van der Waals surface area contributed by atoms with Gasteiger partial charge in [0.2, 0.25) is 0 Å². The van der Waals surface area contributed by atoms with Gasteiger partial charge in [-0.1, -0.05) is 45.0 Å². The molecule has 0 aliphatic carbocycles. The molecular formula is C23H26SiZr. The van der Waals surface area contributed by atoms with E-state index in [2.05, 4.69) is 98.9 Å². The molecule has 0 bridgehead atoms. The van der Waals surface area contributed by atoms with Gasteiger partial charge in [0, 0.05) is 9.52 Å². The Hall–Kier alpha value is -1.24. The van der Waals surface area contributed by atoms with Crippen LogP contribution in [0.4, 0.5) is 0 Å². The van der Waals surface area contributed by atoms with Crippen molar-refractivity contribution in [2.45, 2.75) is 32.9 Å². The summed E-state index contributed by atoms with van der Waals surface area (Å²) in [6, 6.07) is 27.7. The van der Waals surface area contributed by atoms with Crippen molar-refractivity contribution in [3.63, 3.8) is 0 Å². The molecule has 0 heterocycles. The Bertz CT molecular complexity index is 811. The van der Waals surface area contributed by atoms with E-state index in [1.54, 1.807) is 0 Å². The van der Waals surface area contributed by atoms with E-state index in [1.807, 2.05) is 0 Å². The van der Waals surface area contributed by atoms with Crippen molar-refractivity contribution in [2.24, 2.45) is 0 Å². The standard InChI is InChI=1S/C12H13.C9H7.C2H6Si.Zr/c1-2-5-10-8-9-11-6-3-4-7-12(10)11;1-2-5-9-7-3-6-8(9)4-1;1-3-2;/h3-4,6-9H,2,5H2,1H3;1-7H;1-2H3;/q2*-1;;+2. The second-order valence-electron chi connectivity index (χ2n) is 5.85. The minimum absolute atomic E-state index is 0. The van der Waals surface area contributed by atoms with Crippen LogP contribution in [-0.4, -0.2) is 9.52 Å². The summed E-state index contributed by atoms with van der Waals surface area (Å²) >= 11 is 0. The van der Waals surface area contributed by atoms with E-state index in [4.69, 9.17) is 0 Å². The fourth-order valence-corrected chi connectivity index (χ4v) is 2.77. The normalized spacial score (nSPS) is 9.56. The molecule has 2 radical (unpaired) electrons. The van der Waals surface area contributed by atoms with Gasteiger partial charge in [-0.25, -0.2) is 0 Å². The Morgan fingerprint density at radius 3 is 2.16 bits per heavy atom. The second-order valence-corrected chi connectivity index (χ2v) is 6.85. The number of benzene rings is 2. The van der Waals surface area contributed by atoms with Crippen LogP contribution in [0.1, 0.15) is 18.9 Å². The van der Waals surface area contributed by atoms with E-state index >= 15 is 0 Å². The molecule has 4 aromatic rings. The Balaban J connectivity index is 0.000000214. The second kappa shape index (κ2) is 12.2. The summed E-state index contributed by atoms with van der Waals surface area (Å²) in [6.45, 7) is 6.53. The smallest absolute Gasteiger partial charge is 0.168 e. The van der Waals surface area contributed by atoms with Crippen molar-refractivity contribution in [3.05, 3.63) is 84.4 Å². The average molecular weight is 422 g/mol. The molecule has 0 saturated heterocycles. The molecular weight excluding hydrogens is 396 g/mol. The van der Waals surface area contributed by atoms with Gasteiger partial charge in [-0.2, -0.15) is 23.1 Å². The predicted octanol–water partition coefficient (Wildman–Crippen LogP) is 6.85. The van der Waals surface area contributed by atoms with Crippen LogP contribution in [0.5, 0.6) is 0 Å². The molecule has 25 heavy (non-hydrogen) atoms. The number of hydrogen-bond donors (Lipinski definition) is 0. The zero-order chi connectivity index (χ0) is 17.2. The molecule has 126 valence electrons. The first-order valence-corrected chi connectivity index (χ1v) is 10.6. The topological polar surface area (TPSA) is 0 Å². The van der Waals surface area contributed by atoms with Crippen molar-refractivity contribution >= 4 is 31.1 Å². The summed E-state index contributed by atoms with van der Waals surface area (Å²) in [5.41, 5.74) is 1.49. The molecule has 0 aromatic heterocycles. The summed E-state index contributed by atoms with van der Waals surface area (Å²) < 4.78 is 0. The van der Waals surface area contributed by atoms with Crippen LogP contribution >= 0.6 is 0 Å². The van der Waals surface area contributed by atoms with Gasteiger partial charge in [-0.05, 0) is 0 Å². The fourth-order valence-electron chi connectivity index (χ4n) is 2.77. The third-order valence-corrected chi connectivity index (χ3v) is 3.84. The van der Waals surface area contributed by atoms with E-state index in [-0.39, 0.29) is 26.2 Å². The SMILES string of the molecule is CCCc1c[cH-]c2ccccc12.C[Si]C.[Zr+2].c1ccc2[cH-]ccc2c1. The third kappa shape index (κ3) is 6.53. The molecule has 0 aliphatic rings. The third-order valence-electron chi connectivity index (χ3n) is 3.84. The van der Waals surface area contributed by atoms with Gasteiger partial charge in [-0.15, -0.1) is 70.8 Å². The molecule has 0 N–H and O–H groups in total. The summed E-state index contributed by atoms with van der Waals surface area (Å²) in [4.78, 5) is 0. The Morgan fingerprint density at radius 2 is 1.48 bits per heavy atom. The van der Waals surface area contributed by atoms with Gasteiger partial charge < -0.3 is 0 Å². The summed E-state index contributed by atoms with van der Waals surface area (Å²) in [6.07, 6.45) is 2.43. The summed E-state index contributed by atoms with van der Waals surface area (Å²) in [5, 5.41) is 5.47. The van der Waals surface area contributed by atoms with Crippen molar-refractivity contribution < 1.29 is 26.2 Å².